The van der Waals surface area contributed by atoms with Gasteiger partial charge in [0.2, 0.25) is 0 Å². The normalized spacial score (nSPS) is 16.7. The molecule has 1 fully saturated rings. The maximum atomic E-state index is 12.5. The average molecular weight is 439 g/mol. The number of hydrogen-bond acceptors (Lipinski definition) is 3. The van der Waals surface area contributed by atoms with Crippen LogP contribution in [0.2, 0.25) is 0 Å². The highest BCUT2D eigenvalue weighted by atomic mass is 19.4. The number of nitrogens with one attached hydrogen (secondary N) is 2. The monoisotopic (exact) mass is 438 g/mol. The molecule has 172 valence electrons. The topological polar surface area (TPSA) is 57.5 Å². The Hall–Kier alpha value is -2.29. The van der Waals surface area contributed by atoms with Crippen LogP contribution in [0.4, 0.5) is 13.2 Å². The Morgan fingerprint density at radius 3 is 2.58 bits per heavy atom. The third-order valence-electron chi connectivity index (χ3n) is 5.88. The van der Waals surface area contributed by atoms with Crippen molar-refractivity contribution in [1.82, 2.24) is 25.1 Å². The minimum absolute atomic E-state index is 0.465. The first-order chi connectivity index (χ1) is 14.9. The Labute approximate surface area is 181 Å². The number of aromatic nitrogens is 2. The summed E-state index contributed by atoms with van der Waals surface area (Å²) in [7, 11) is 1.75. The Morgan fingerprint density at radius 2 is 1.87 bits per heavy atom. The second-order valence-electron chi connectivity index (χ2n) is 8.20. The first kappa shape index (κ1) is 23.4. The highest BCUT2D eigenvalue weighted by molar-refractivity contribution is 5.79. The molecule has 0 atom stereocenters. The van der Waals surface area contributed by atoms with Crippen molar-refractivity contribution in [2.24, 2.45) is 10.9 Å². The number of guanidine groups is 1. The molecular formula is C22H33F3N6. The van der Waals surface area contributed by atoms with E-state index in [4.69, 9.17) is 0 Å². The Balaban J connectivity index is 1.32. The Morgan fingerprint density at radius 1 is 1.16 bits per heavy atom. The van der Waals surface area contributed by atoms with E-state index in [0.717, 1.165) is 68.1 Å². The van der Waals surface area contributed by atoms with Crippen molar-refractivity contribution in [1.29, 1.82) is 0 Å². The molecular weight excluding hydrogens is 405 g/mol. The molecule has 0 unspecified atom stereocenters. The van der Waals surface area contributed by atoms with Gasteiger partial charge in [0.15, 0.2) is 5.96 Å². The molecule has 0 bridgehead atoms. The third kappa shape index (κ3) is 7.12. The standard InChI is InChI=1S/C22H33F3N6/c1-17-29-19-6-3-4-7-20(19)31(17)13-5-11-27-21(26-2)28-12-8-18-9-14-30(15-10-18)16-22(23,24)25/h3-4,6-7,18H,5,8-16H2,1-2H3,(H2,26,27,28). The lowest BCUT2D eigenvalue weighted by atomic mass is 9.93. The van der Waals surface area contributed by atoms with Crippen molar-refractivity contribution in [3.63, 3.8) is 0 Å². The minimum atomic E-state index is -4.10. The maximum absolute atomic E-state index is 12.5. The molecule has 2 heterocycles. The number of fused-ring (bicyclic) bond motifs is 1. The number of nitrogens with zero attached hydrogens (tertiary/aromatic N) is 4. The second-order valence-corrected chi connectivity index (χ2v) is 8.20. The van der Waals surface area contributed by atoms with E-state index < -0.39 is 12.7 Å². The molecule has 2 aromatic rings. The molecule has 1 aliphatic heterocycles. The van der Waals surface area contributed by atoms with Crippen LogP contribution >= 0.6 is 0 Å². The van der Waals surface area contributed by atoms with E-state index in [2.05, 4.69) is 31.2 Å². The van der Waals surface area contributed by atoms with Crippen LogP contribution in [-0.4, -0.2) is 66.4 Å². The lowest BCUT2D eigenvalue weighted by Gasteiger charge is -2.32. The summed E-state index contributed by atoms with van der Waals surface area (Å²) in [4.78, 5) is 10.4. The minimum Gasteiger partial charge on any atom is -0.356 e. The van der Waals surface area contributed by atoms with Crippen molar-refractivity contribution in [3.05, 3.63) is 30.1 Å². The number of imidazole rings is 1. The predicted molar refractivity (Wildman–Crippen MR) is 118 cm³/mol. The van der Waals surface area contributed by atoms with E-state index in [0.29, 0.717) is 19.0 Å². The zero-order valence-corrected chi connectivity index (χ0v) is 18.4. The van der Waals surface area contributed by atoms with Crippen molar-refractivity contribution in [2.75, 3.05) is 39.8 Å². The van der Waals surface area contributed by atoms with E-state index in [-0.39, 0.29) is 0 Å². The lowest BCUT2D eigenvalue weighted by molar-refractivity contribution is -0.148. The van der Waals surface area contributed by atoms with Crippen LogP contribution in [0.25, 0.3) is 11.0 Å². The van der Waals surface area contributed by atoms with Crippen LogP contribution in [0.15, 0.2) is 29.3 Å². The fourth-order valence-corrected chi connectivity index (χ4v) is 4.22. The van der Waals surface area contributed by atoms with Gasteiger partial charge in [-0.15, -0.1) is 0 Å². The van der Waals surface area contributed by atoms with Crippen molar-refractivity contribution < 1.29 is 13.2 Å². The van der Waals surface area contributed by atoms with Gasteiger partial charge in [-0.05, 0) is 63.7 Å². The van der Waals surface area contributed by atoms with Gasteiger partial charge in [-0.2, -0.15) is 13.2 Å². The fourth-order valence-electron chi connectivity index (χ4n) is 4.22. The van der Waals surface area contributed by atoms with Gasteiger partial charge in [-0.1, -0.05) is 12.1 Å². The van der Waals surface area contributed by atoms with E-state index in [9.17, 15) is 13.2 Å². The summed E-state index contributed by atoms with van der Waals surface area (Å²) in [5, 5.41) is 6.67. The summed E-state index contributed by atoms with van der Waals surface area (Å²) in [6, 6.07) is 8.16. The molecule has 0 saturated carbocycles. The number of piperidine rings is 1. The summed E-state index contributed by atoms with van der Waals surface area (Å²) >= 11 is 0. The molecule has 0 aliphatic carbocycles. The summed E-state index contributed by atoms with van der Waals surface area (Å²) in [5.41, 5.74) is 2.18. The quantitative estimate of drug-likeness (QED) is 0.376. The highest BCUT2D eigenvalue weighted by Crippen LogP contribution is 2.24. The molecule has 31 heavy (non-hydrogen) atoms. The van der Waals surface area contributed by atoms with Crippen LogP contribution in [0.3, 0.4) is 0 Å². The Kier molecular flexibility index (Phi) is 8.17. The second kappa shape index (κ2) is 10.8. The van der Waals surface area contributed by atoms with Crippen molar-refractivity contribution in [2.45, 2.75) is 45.3 Å². The smallest absolute Gasteiger partial charge is 0.356 e. The number of aryl methyl sites for hydroxylation is 2. The molecule has 3 rings (SSSR count). The zero-order valence-electron chi connectivity index (χ0n) is 18.4. The summed E-state index contributed by atoms with van der Waals surface area (Å²) in [6.45, 7) is 4.74. The number of likely N-dealkylation sites (tertiary alicyclic amines) is 1. The number of hydrogen-bond donors (Lipinski definition) is 2. The van der Waals surface area contributed by atoms with Gasteiger partial charge in [0, 0.05) is 26.7 Å². The average Bonchev–Trinajstić information content (AvgIpc) is 3.05. The number of benzene rings is 1. The zero-order chi connectivity index (χ0) is 22.3. The molecule has 2 N–H and O–H groups in total. The number of para-hydroxylation sites is 2. The van der Waals surface area contributed by atoms with Crippen LogP contribution in [0.5, 0.6) is 0 Å². The molecule has 6 nitrogen and oxygen atoms in total. The molecule has 1 aromatic carbocycles. The predicted octanol–water partition coefficient (Wildman–Crippen LogP) is 3.56. The van der Waals surface area contributed by atoms with Crippen LogP contribution in [-0.2, 0) is 6.54 Å². The Bertz CT molecular complexity index is 853. The first-order valence-electron chi connectivity index (χ1n) is 11.0. The van der Waals surface area contributed by atoms with E-state index in [1.807, 2.05) is 25.1 Å². The molecule has 0 radical (unpaired) electrons. The maximum Gasteiger partial charge on any atom is 0.401 e. The van der Waals surface area contributed by atoms with Gasteiger partial charge >= 0.3 is 6.18 Å². The number of halogens is 3. The molecule has 0 amide bonds. The van der Waals surface area contributed by atoms with Gasteiger partial charge in [-0.25, -0.2) is 4.98 Å². The summed E-state index contributed by atoms with van der Waals surface area (Å²) < 4.78 is 39.7. The molecule has 1 saturated heterocycles. The lowest BCUT2D eigenvalue weighted by Crippen LogP contribution is -2.41. The summed E-state index contributed by atoms with van der Waals surface area (Å²) in [6.07, 6.45) is -0.569. The number of alkyl halides is 3. The van der Waals surface area contributed by atoms with E-state index >= 15 is 0 Å². The van der Waals surface area contributed by atoms with Gasteiger partial charge < -0.3 is 15.2 Å². The summed E-state index contributed by atoms with van der Waals surface area (Å²) in [5.74, 6) is 2.25. The van der Waals surface area contributed by atoms with Crippen molar-refractivity contribution in [3.8, 4) is 0 Å². The molecule has 0 spiro atoms. The fraction of sp³-hybridized carbons (Fsp3) is 0.636. The van der Waals surface area contributed by atoms with Crippen LogP contribution in [0.1, 0.15) is 31.5 Å². The van der Waals surface area contributed by atoms with Gasteiger partial charge in [0.05, 0.1) is 17.6 Å². The van der Waals surface area contributed by atoms with Gasteiger partial charge in [0.25, 0.3) is 0 Å². The molecule has 1 aromatic heterocycles. The van der Waals surface area contributed by atoms with E-state index in [1.165, 1.54) is 4.90 Å². The van der Waals surface area contributed by atoms with E-state index in [1.54, 1.807) is 7.05 Å². The number of rotatable bonds is 8. The van der Waals surface area contributed by atoms with Crippen LogP contribution in [0, 0.1) is 12.8 Å². The van der Waals surface area contributed by atoms with Gasteiger partial charge in [0.1, 0.15) is 5.82 Å². The van der Waals surface area contributed by atoms with Crippen molar-refractivity contribution >= 4 is 17.0 Å². The van der Waals surface area contributed by atoms with Gasteiger partial charge in [-0.3, -0.25) is 9.89 Å². The SMILES string of the molecule is CN=C(NCCCn1c(C)nc2ccccc21)NCCC1CCN(CC(F)(F)F)CC1. The number of aliphatic imine (C=N–C) groups is 1. The third-order valence-corrected chi connectivity index (χ3v) is 5.88. The molecule has 1 aliphatic rings. The highest BCUT2D eigenvalue weighted by Gasteiger charge is 2.32. The van der Waals surface area contributed by atoms with Crippen LogP contribution < -0.4 is 10.6 Å². The first-order valence-corrected chi connectivity index (χ1v) is 11.0. The molecule has 9 heteroatoms. The largest absolute Gasteiger partial charge is 0.401 e.